The number of halogens is 2. The third-order valence-corrected chi connectivity index (χ3v) is 4.63. The Labute approximate surface area is 177 Å². The van der Waals surface area contributed by atoms with Gasteiger partial charge in [-0.25, -0.2) is 9.37 Å². The molecule has 1 unspecified atom stereocenters. The molecule has 0 radical (unpaired) electrons. The van der Waals surface area contributed by atoms with E-state index in [1.807, 2.05) is 48.1 Å². The van der Waals surface area contributed by atoms with Crippen LogP contribution in [-0.4, -0.2) is 29.2 Å². The maximum Gasteiger partial charge on any atom is 0.127 e. The summed E-state index contributed by atoms with van der Waals surface area (Å²) in [6.45, 7) is 2.23. The van der Waals surface area contributed by atoms with Crippen LogP contribution in [0.2, 0.25) is 0 Å². The summed E-state index contributed by atoms with van der Waals surface area (Å²) in [7, 11) is 1.94. The van der Waals surface area contributed by atoms with E-state index in [0.717, 1.165) is 11.3 Å². The van der Waals surface area contributed by atoms with Gasteiger partial charge in [0.05, 0.1) is 12.0 Å². The predicted molar refractivity (Wildman–Crippen MR) is 116 cm³/mol. The number of ether oxygens (including phenoxy) is 1. The van der Waals surface area contributed by atoms with Crippen LogP contribution in [0.25, 0.3) is 0 Å². The maximum absolute atomic E-state index is 14.4. The molecule has 0 aliphatic carbocycles. The quantitative estimate of drug-likeness (QED) is 0.495. The van der Waals surface area contributed by atoms with Crippen LogP contribution in [0.3, 0.4) is 0 Å². The van der Waals surface area contributed by atoms with Crippen LogP contribution in [-0.2, 0) is 20.0 Å². The number of aromatic nitrogens is 2. The molecule has 5 nitrogen and oxygen atoms in total. The maximum atomic E-state index is 14.4. The second-order valence-electron chi connectivity index (χ2n) is 6.86. The van der Waals surface area contributed by atoms with E-state index in [-0.39, 0.29) is 24.1 Å². The van der Waals surface area contributed by atoms with Gasteiger partial charge >= 0.3 is 0 Å². The van der Waals surface area contributed by atoms with Crippen molar-refractivity contribution in [2.75, 3.05) is 19.7 Å². The van der Waals surface area contributed by atoms with E-state index >= 15 is 0 Å². The van der Waals surface area contributed by atoms with Crippen molar-refractivity contribution in [1.29, 1.82) is 0 Å². The van der Waals surface area contributed by atoms with E-state index in [4.69, 9.17) is 10.5 Å². The Kier molecular flexibility index (Phi) is 9.12. The smallest absolute Gasteiger partial charge is 0.127 e. The normalized spacial score (nSPS) is 11.7. The molecule has 1 aromatic heterocycles. The molecule has 0 saturated carbocycles. The standard InChI is InChI=1S/C22H27FN4O.ClH/c1-27-15-19(26-16-27)14-25-9-10-28-20-7-8-22(23)21(12-20)18(13-24)11-17-5-3-2-4-6-17;/h2-8,12,15-16,18,25H,9-11,13-14,24H2,1H3;1H. The fraction of sp³-hybridized carbons (Fsp3) is 0.318. The van der Waals surface area contributed by atoms with Gasteiger partial charge in [0.2, 0.25) is 0 Å². The number of hydrogen-bond donors (Lipinski definition) is 2. The average Bonchev–Trinajstić information content (AvgIpc) is 3.13. The minimum absolute atomic E-state index is 0. The molecule has 3 N–H and O–H groups in total. The van der Waals surface area contributed by atoms with E-state index in [9.17, 15) is 4.39 Å². The fourth-order valence-corrected chi connectivity index (χ4v) is 3.16. The molecule has 156 valence electrons. The number of imidazole rings is 1. The molecular weight excluding hydrogens is 391 g/mol. The van der Waals surface area contributed by atoms with Crippen molar-refractivity contribution in [3.63, 3.8) is 0 Å². The second kappa shape index (κ2) is 11.6. The van der Waals surface area contributed by atoms with Gasteiger partial charge in [0, 0.05) is 32.3 Å². The van der Waals surface area contributed by atoms with E-state index in [1.54, 1.807) is 18.5 Å². The molecular formula is C22H28ClFN4O. The highest BCUT2D eigenvalue weighted by atomic mass is 35.5. The van der Waals surface area contributed by atoms with Gasteiger partial charge in [0.1, 0.15) is 18.2 Å². The highest BCUT2D eigenvalue weighted by Gasteiger charge is 2.16. The van der Waals surface area contributed by atoms with E-state index in [2.05, 4.69) is 10.3 Å². The zero-order valence-corrected chi connectivity index (χ0v) is 17.4. The number of nitrogens with zero attached hydrogens (tertiary/aromatic N) is 2. The van der Waals surface area contributed by atoms with Gasteiger partial charge in [0.25, 0.3) is 0 Å². The first-order valence-electron chi connectivity index (χ1n) is 9.49. The van der Waals surface area contributed by atoms with Crippen LogP contribution in [0.1, 0.15) is 22.7 Å². The lowest BCUT2D eigenvalue weighted by Gasteiger charge is -2.17. The molecule has 3 aromatic rings. The van der Waals surface area contributed by atoms with E-state index < -0.39 is 0 Å². The Balaban J connectivity index is 0.00000300. The van der Waals surface area contributed by atoms with Gasteiger partial charge in [0.15, 0.2) is 0 Å². The van der Waals surface area contributed by atoms with Gasteiger partial charge in [-0.1, -0.05) is 30.3 Å². The molecule has 0 aliphatic rings. The van der Waals surface area contributed by atoms with Crippen molar-refractivity contribution in [2.24, 2.45) is 12.8 Å². The molecule has 0 spiro atoms. The molecule has 7 heteroatoms. The second-order valence-corrected chi connectivity index (χ2v) is 6.86. The van der Waals surface area contributed by atoms with Crippen molar-refractivity contribution >= 4 is 12.4 Å². The summed E-state index contributed by atoms with van der Waals surface area (Å²) in [5, 5.41) is 3.28. The Hall–Kier alpha value is -2.41. The average molecular weight is 419 g/mol. The highest BCUT2D eigenvalue weighted by Crippen LogP contribution is 2.26. The highest BCUT2D eigenvalue weighted by molar-refractivity contribution is 5.85. The lowest BCUT2D eigenvalue weighted by atomic mass is 9.91. The third-order valence-electron chi connectivity index (χ3n) is 4.63. The monoisotopic (exact) mass is 418 g/mol. The number of aryl methyl sites for hydroxylation is 1. The Bertz CT molecular complexity index is 872. The van der Waals surface area contributed by atoms with Crippen molar-refractivity contribution in [3.05, 3.63) is 83.7 Å². The number of benzene rings is 2. The van der Waals surface area contributed by atoms with Crippen LogP contribution < -0.4 is 15.8 Å². The van der Waals surface area contributed by atoms with E-state index in [1.165, 1.54) is 6.07 Å². The molecule has 3 rings (SSSR count). The Morgan fingerprint density at radius 2 is 2.00 bits per heavy atom. The minimum Gasteiger partial charge on any atom is -0.492 e. The molecule has 1 atom stereocenters. The van der Waals surface area contributed by atoms with Gasteiger partial charge in [-0.3, -0.25) is 0 Å². The number of hydrogen-bond acceptors (Lipinski definition) is 4. The van der Waals surface area contributed by atoms with Crippen LogP contribution in [0, 0.1) is 5.82 Å². The number of nitrogens with one attached hydrogen (secondary N) is 1. The summed E-state index contributed by atoms with van der Waals surface area (Å²) in [6, 6.07) is 14.9. The molecule has 29 heavy (non-hydrogen) atoms. The van der Waals surface area contributed by atoms with Crippen molar-refractivity contribution in [1.82, 2.24) is 14.9 Å². The lowest BCUT2D eigenvalue weighted by molar-refractivity contribution is 0.312. The van der Waals surface area contributed by atoms with Gasteiger partial charge in [-0.2, -0.15) is 0 Å². The molecule has 0 amide bonds. The Morgan fingerprint density at radius 1 is 1.21 bits per heavy atom. The summed E-state index contributed by atoms with van der Waals surface area (Å²) in [5.74, 6) is 0.322. The summed E-state index contributed by atoms with van der Waals surface area (Å²) in [4.78, 5) is 4.26. The largest absolute Gasteiger partial charge is 0.492 e. The fourth-order valence-electron chi connectivity index (χ4n) is 3.16. The van der Waals surface area contributed by atoms with Crippen molar-refractivity contribution in [3.8, 4) is 5.75 Å². The minimum atomic E-state index is -0.244. The van der Waals surface area contributed by atoms with Crippen molar-refractivity contribution < 1.29 is 9.13 Å². The number of nitrogens with two attached hydrogens (primary N) is 1. The molecule has 1 heterocycles. The Morgan fingerprint density at radius 3 is 2.69 bits per heavy atom. The zero-order valence-electron chi connectivity index (χ0n) is 16.6. The first kappa shape index (κ1) is 22.9. The van der Waals surface area contributed by atoms with Crippen LogP contribution in [0.5, 0.6) is 5.75 Å². The molecule has 0 fully saturated rings. The summed E-state index contributed by atoms with van der Waals surface area (Å²) in [6.07, 6.45) is 4.44. The molecule has 2 aromatic carbocycles. The summed E-state index contributed by atoms with van der Waals surface area (Å²) in [5.41, 5.74) is 8.67. The van der Waals surface area contributed by atoms with E-state index in [0.29, 0.717) is 44.0 Å². The molecule has 0 bridgehead atoms. The first-order chi connectivity index (χ1) is 13.7. The lowest BCUT2D eigenvalue weighted by Crippen LogP contribution is -2.21. The van der Waals surface area contributed by atoms with Gasteiger partial charge in [-0.05, 0) is 42.3 Å². The molecule has 0 saturated heterocycles. The molecule has 0 aliphatic heterocycles. The van der Waals surface area contributed by atoms with Crippen LogP contribution in [0.4, 0.5) is 4.39 Å². The number of rotatable bonds is 10. The zero-order chi connectivity index (χ0) is 19.8. The summed E-state index contributed by atoms with van der Waals surface area (Å²) >= 11 is 0. The van der Waals surface area contributed by atoms with Gasteiger partial charge in [-0.15, -0.1) is 12.4 Å². The summed E-state index contributed by atoms with van der Waals surface area (Å²) < 4.78 is 22.1. The van der Waals surface area contributed by atoms with Crippen LogP contribution in [0.15, 0.2) is 61.1 Å². The SMILES string of the molecule is Cl.Cn1cnc(CNCCOc2ccc(F)c(C(CN)Cc3ccccc3)c2)c1. The third kappa shape index (κ3) is 6.85. The van der Waals surface area contributed by atoms with Gasteiger partial charge < -0.3 is 20.4 Å². The predicted octanol–water partition coefficient (Wildman–Crippen LogP) is 3.43. The topological polar surface area (TPSA) is 65.1 Å². The first-order valence-corrected chi connectivity index (χ1v) is 9.49. The van der Waals surface area contributed by atoms with Crippen LogP contribution >= 0.6 is 12.4 Å². The van der Waals surface area contributed by atoms with Crippen molar-refractivity contribution in [2.45, 2.75) is 18.9 Å².